The van der Waals surface area contributed by atoms with Crippen molar-refractivity contribution in [1.82, 2.24) is 0 Å². The van der Waals surface area contributed by atoms with Crippen molar-refractivity contribution in [2.75, 3.05) is 6.61 Å². The maximum atomic E-state index is 11.4. The van der Waals surface area contributed by atoms with Gasteiger partial charge in [0.2, 0.25) is 0 Å². The van der Waals surface area contributed by atoms with Crippen LogP contribution in [0.25, 0.3) is 0 Å². The highest BCUT2D eigenvalue weighted by atomic mass is 16.5. The molecule has 4 aliphatic rings. The Morgan fingerprint density at radius 3 is 2.83 bits per heavy atom. The van der Waals surface area contributed by atoms with E-state index in [1.165, 1.54) is 32.6 Å². The van der Waals surface area contributed by atoms with Gasteiger partial charge in [0, 0.05) is 12.3 Å². The van der Waals surface area contributed by atoms with Crippen LogP contribution in [0.5, 0.6) is 0 Å². The van der Waals surface area contributed by atoms with Crippen LogP contribution in [-0.2, 0) is 9.53 Å². The molecule has 1 N–H and O–H groups in total. The van der Waals surface area contributed by atoms with E-state index < -0.39 is 0 Å². The zero-order valence-electron chi connectivity index (χ0n) is 15.2. The van der Waals surface area contributed by atoms with Gasteiger partial charge >= 0.3 is 5.97 Å². The number of hydrogen-bond donors (Lipinski definition) is 1. The highest BCUT2D eigenvalue weighted by molar-refractivity contribution is 5.66. The average Bonchev–Trinajstić information content (AvgIpc) is 2.98. The molecule has 0 aromatic carbocycles. The Labute approximate surface area is 145 Å². The first-order valence-electron chi connectivity index (χ1n) is 9.94. The monoisotopic (exact) mass is 332 g/mol. The van der Waals surface area contributed by atoms with Crippen LogP contribution < -0.4 is 0 Å². The molecule has 0 aliphatic heterocycles. The fraction of sp³-hybridized carbons (Fsp3) is 0.857. The number of carbonyl (C=O) groups excluding carboxylic acids is 1. The van der Waals surface area contributed by atoms with Gasteiger partial charge in [-0.2, -0.15) is 0 Å². The number of ether oxygens (including phenoxy) is 1. The third-order valence-electron chi connectivity index (χ3n) is 8.28. The summed E-state index contributed by atoms with van der Waals surface area (Å²) in [5, 5.41) is 10.1. The summed E-state index contributed by atoms with van der Waals surface area (Å²) in [5.74, 6) is 2.76. The van der Waals surface area contributed by atoms with Gasteiger partial charge in [0.1, 0.15) is 6.61 Å². The molecule has 0 heterocycles. The highest BCUT2D eigenvalue weighted by Crippen LogP contribution is 2.65. The fourth-order valence-electron chi connectivity index (χ4n) is 7.01. The summed E-state index contributed by atoms with van der Waals surface area (Å²) in [6, 6.07) is 0. The fourth-order valence-corrected chi connectivity index (χ4v) is 7.01. The van der Waals surface area contributed by atoms with Gasteiger partial charge in [-0.25, -0.2) is 0 Å². The lowest BCUT2D eigenvalue weighted by Crippen LogP contribution is -2.54. The molecule has 0 saturated heterocycles. The Morgan fingerprint density at radius 2 is 2.04 bits per heavy atom. The van der Waals surface area contributed by atoms with E-state index in [2.05, 4.69) is 19.1 Å². The molecule has 134 valence electrons. The molecule has 4 aliphatic carbocycles. The molecule has 3 heteroatoms. The maximum absolute atomic E-state index is 11.4. The Balaban J connectivity index is 1.56. The first kappa shape index (κ1) is 16.6. The van der Waals surface area contributed by atoms with Crippen molar-refractivity contribution in [3.8, 4) is 0 Å². The number of aliphatic hydroxyl groups excluding tert-OH is 1. The number of aliphatic hydroxyl groups is 1. The summed E-state index contributed by atoms with van der Waals surface area (Å²) < 4.78 is 5.49. The zero-order chi connectivity index (χ0) is 16.9. The minimum absolute atomic E-state index is 0.0700. The number of esters is 1. The third kappa shape index (κ3) is 2.46. The lowest BCUT2D eigenvalue weighted by atomic mass is 9.45. The Bertz CT molecular complexity index is 541. The standard InChI is InChI=1S/C21H32O3/c1-14(22)24-13-21-9-3-4-19(21)17-6-5-15-12-16(23)7-10-20(15,2)18(17)8-11-21/h3,9,15-19,23H,4-8,10-13H2,1-2H3/t15-,16+,17+,18-,19-,20-,21-/m0/s1. The number of rotatable bonds is 2. The van der Waals surface area contributed by atoms with Crippen molar-refractivity contribution in [2.45, 2.75) is 71.3 Å². The van der Waals surface area contributed by atoms with Crippen LogP contribution in [0, 0.1) is 34.5 Å². The largest absolute Gasteiger partial charge is 0.465 e. The van der Waals surface area contributed by atoms with Crippen LogP contribution in [0.4, 0.5) is 0 Å². The van der Waals surface area contributed by atoms with Gasteiger partial charge in [-0.1, -0.05) is 19.1 Å². The Morgan fingerprint density at radius 1 is 1.21 bits per heavy atom. The molecule has 4 rings (SSSR count). The average molecular weight is 332 g/mol. The second kappa shape index (κ2) is 5.86. The van der Waals surface area contributed by atoms with Crippen LogP contribution in [-0.4, -0.2) is 23.8 Å². The Kier molecular flexibility index (Phi) is 4.06. The van der Waals surface area contributed by atoms with Crippen molar-refractivity contribution in [2.24, 2.45) is 34.5 Å². The summed E-state index contributed by atoms with van der Waals surface area (Å²) in [5.41, 5.74) is 0.516. The smallest absolute Gasteiger partial charge is 0.302 e. The third-order valence-corrected chi connectivity index (χ3v) is 8.28. The molecular weight excluding hydrogens is 300 g/mol. The van der Waals surface area contributed by atoms with E-state index in [1.54, 1.807) is 0 Å². The summed E-state index contributed by atoms with van der Waals surface area (Å²) in [6.07, 6.45) is 14.0. The predicted octanol–water partition coefficient (Wildman–Crippen LogP) is 4.10. The normalized spacial score (nSPS) is 49.9. The van der Waals surface area contributed by atoms with Crippen molar-refractivity contribution in [3.05, 3.63) is 12.2 Å². The predicted molar refractivity (Wildman–Crippen MR) is 93.2 cm³/mol. The SMILES string of the molecule is CC(=O)OC[C@@]12C=CC[C@H]1[C@@H]1CC[C@H]3C[C@H](O)CC[C@]3(C)[C@H]1CC2. The second-order valence-corrected chi connectivity index (χ2v) is 9.28. The minimum Gasteiger partial charge on any atom is -0.465 e. The molecule has 0 amide bonds. The van der Waals surface area contributed by atoms with Gasteiger partial charge in [0.05, 0.1) is 6.10 Å². The van der Waals surface area contributed by atoms with Crippen LogP contribution in [0.1, 0.15) is 65.2 Å². The maximum Gasteiger partial charge on any atom is 0.302 e. The van der Waals surface area contributed by atoms with Crippen LogP contribution in [0.15, 0.2) is 12.2 Å². The van der Waals surface area contributed by atoms with Crippen molar-refractivity contribution in [3.63, 3.8) is 0 Å². The van der Waals surface area contributed by atoms with E-state index >= 15 is 0 Å². The van der Waals surface area contributed by atoms with Gasteiger partial charge < -0.3 is 9.84 Å². The van der Waals surface area contributed by atoms with Crippen LogP contribution in [0.2, 0.25) is 0 Å². The lowest BCUT2D eigenvalue weighted by Gasteiger charge is -2.60. The molecule has 0 aromatic heterocycles. The molecule has 0 bridgehead atoms. The molecule has 3 saturated carbocycles. The summed E-state index contributed by atoms with van der Waals surface area (Å²) in [6.45, 7) is 4.61. The first-order chi connectivity index (χ1) is 11.4. The molecule has 24 heavy (non-hydrogen) atoms. The van der Waals surface area contributed by atoms with Crippen LogP contribution in [0.3, 0.4) is 0 Å². The number of allylic oxidation sites excluding steroid dienone is 1. The molecule has 3 nitrogen and oxygen atoms in total. The van der Waals surface area contributed by atoms with Gasteiger partial charge in [0.15, 0.2) is 0 Å². The molecule has 3 fully saturated rings. The van der Waals surface area contributed by atoms with Crippen molar-refractivity contribution in [1.29, 1.82) is 0 Å². The molecular formula is C21H32O3. The first-order valence-corrected chi connectivity index (χ1v) is 9.94. The quantitative estimate of drug-likeness (QED) is 0.612. The van der Waals surface area contributed by atoms with E-state index in [4.69, 9.17) is 4.74 Å². The Hall–Kier alpha value is -0.830. The van der Waals surface area contributed by atoms with E-state index in [1.807, 2.05) is 0 Å². The van der Waals surface area contributed by atoms with Crippen molar-refractivity contribution >= 4 is 5.97 Å². The van der Waals surface area contributed by atoms with Crippen molar-refractivity contribution < 1.29 is 14.6 Å². The number of carbonyl (C=O) groups is 1. The van der Waals surface area contributed by atoms with E-state index in [9.17, 15) is 9.90 Å². The van der Waals surface area contributed by atoms with Gasteiger partial charge in [-0.15, -0.1) is 0 Å². The van der Waals surface area contributed by atoms with Gasteiger partial charge in [0.25, 0.3) is 0 Å². The van der Waals surface area contributed by atoms with Crippen LogP contribution >= 0.6 is 0 Å². The van der Waals surface area contributed by atoms with Gasteiger partial charge in [-0.3, -0.25) is 4.79 Å². The highest BCUT2D eigenvalue weighted by Gasteiger charge is 2.58. The molecule has 7 atom stereocenters. The minimum atomic E-state index is -0.150. The summed E-state index contributed by atoms with van der Waals surface area (Å²) in [4.78, 5) is 11.4. The van der Waals surface area contributed by atoms with E-state index in [0.717, 1.165) is 37.5 Å². The molecule has 0 unspecified atom stereocenters. The number of fused-ring (bicyclic) bond motifs is 5. The molecule has 0 spiro atoms. The van der Waals surface area contributed by atoms with E-state index in [0.29, 0.717) is 23.9 Å². The lowest BCUT2D eigenvalue weighted by molar-refractivity contribution is -0.153. The van der Waals surface area contributed by atoms with Gasteiger partial charge in [-0.05, 0) is 80.5 Å². The molecule has 0 aromatic rings. The summed E-state index contributed by atoms with van der Waals surface area (Å²) in [7, 11) is 0. The summed E-state index contributed by atoms with van der Waals surface area (Å²) >= 11 is 0. The topological polar surface area (TPSA) is 46.5 Å². The number of hydrogen-bond acceptors (Lipinski definition) is 3. The van der Waals surface area contributed by atoms with E-state index in [-0.39, 0.29) is 17.5 Å². The molecule has 0 radical (unpaired) electrons. The zero-order valence-corrected chi connectivity index (χ0v) is 15.2. The second-order valence-electron chi connectivity index (χ2n) is 9.28.